The molecule has 1 aliphatic rings. The lowest BCUT2D eigenvalue weighted by Crippen LogP contribution is -2.39. The molecule has 3 rings (SSSR count). The Morgan fingerprint density at radius 1 is 1.18 bits per heavy atom. The number of aromatic nitrogens is 1. The number of pyridine rings is 1. The third-order valence-electron chi connectivity index (χ3n) is 3.93. The lowest BCUT2D eigenvalue weighted by atomic mass is 10.1. The number of morpholine rings is 1. The van der Waals surface area contributed by atoms with Crippen molar-refractivity contribution < 1.29 is 13.5 Å². The first kappa shape index (κ1) is 15.1. The van der Waals surface area contributed by atoms with E-state index in [9.17, 15) is 8.78 Å². The molecule has 116 valence electrons. The second-order valence-electron chi connectivity index (χ2n) is 5.43. The summed E-state index contributed by atoms with van der Waals surface area (Å²) in [5.41, 5.74) is 1.65. The van der Waals surface area contributed by atoms with Crippen molar-refractivity contribution >= 4 is 0 Å². The van der Waals surface area contributed by atoms with Crippen molar-refractivity contribution in [3.63, 3.8) is 0 Å². The molecule has 3 nitrogen and oxygen atoms in total. The number of halogens is 2. The molecule has 1 saturated heterocycles. The van der Waals surface area contributed by atoms with E-state index in [4.69, 9.17) is 4.74 Å². The van der Waals surface area contributed by atoms with Crippen molar-refractivity contribution in [2.75, 3.05) is 26.2 Å². The third kappa shape index (κ3) is 3.67. The first-order valence-electron chi connectivity index (χ1n) is 7.40. The van der Waals surface area contributed by atoms with Crippen LogP contribution in [0.2, 0.25) is 0 Å². The molecule has 2 aromatic rings. The van der Waals surface area contributed by atoms with Gasteiger partial charge in [-0.15, -0.1) is 0 Å². The van der Waals surface area contributed by atoms with E-state index in [0.717, 1.165) is 25.6 Å². The summed E-state index contributed by atoms with van der Waals surface area (Å²) < 4.78 is 32.5. The Kier molecular flexibility index (Phi) is 4.75. The highest BCUT2D eigenvalue weighted by Gasteiger charge is 2.24. The quantitative estimate of drug-likeness (QED) is 0.868. The summed E-state index contributed by atoms with van der Waals surface area (Å²) in [5, 5.41) is 0. The molecule has 1 unspecified atom stereocenters. The van der Waals surface area contributed by atoms with Gasteiger partial charge in [-0.3, -0.25) is 9.88 Å². The van der Waals surface area contributed by atoms with Crippen LogP contribution in [0.4, 0.5) is 8.78 Å². The summed E-state index contributed by atoms with van der Waals surface area (Å²) in [6, 6.07) is 7.66. The van der Waals surface area contributed by atoms with Crippen molar-refractivity contribution in [3.05, 3.63) is 65.5 Å². The topological polar surface area (TPSA) is 25.4 Å². The zero-order valence-corrected chi connectivity index (χ0v) is 12.2. The Labute approximate surface area is 128 Å². The Balaban J connectivity index is 1.61. The van der Waals surface area contributed by atoms with Crippen molar-refractivity contribution in [1.29, 1.82) is 0 Å². The number of nitrogens with zero attached hydrogens (tertiary/aromatic N) is 2. The predicted octanol–water partition coefficient (Wildman–Crippen LogP) is 2.98. The van der Waals surface area contributed by atoms with E-state index in [2.05, 4.69) is 9.88 Å². The molecule has 1 aromatic heterocycles. The molecular formula is C17H18F2N2O. The Hall–Kier alpha value is -1.85. The lowest BCUT2D eigenvalue weighted by Gasteiger charge is -2.33. The van der Waals surface area contributed by atoms with E-state index in [1.165, 1.54) is 17.7 Å². The molecule has 0 N–H and O–H groups in total. The van der Waals surface area contributed by atoms with Crippen molar-refractivity contribution in [3.8, 4) is 0 Å². The molecule has 1 fully saturated rings. The van der Waals surface area contributed by atoms with Gasteiger partial charge in [0.1, 0.15) is 11.6 Å². The van der Waals surface area contributed by atoms with Crippen LogP contribution in [0.5, 0.6) is 0 Å². The molecule has 0 amide bonds. The normalized spacial score (nSPS) is 19.3. The van der Waals surface area contributed by atoms with Gasteiger partial charge < -0.3 is 4.74 Å². The van der Waals surface area contributed by atoms with Gasteiger partial charge in [-0.2, -0.15) is 0 Å². The first-order valence-corrected chi connectivity index (χ1v) is 7.40. The molecule has 0 aliphatic carbocycles. The van der Waals surface area contributed by atoms with Gasteiger partial charge in [-0.05, 0) is 30.2 Å². The van der Waals surface area contributed by atoms with E-state index >= 15 is 0 Å². The third-order valence-corrected chi connectivity index (χ3v) is 3.93. The maximum Gasteiger partial charge on any atom is 0.131 e. The second kappa shape index (κ2) is 6.94. The van der Waals surface area contributed by atoms with E-state index < -0.39 is 11.6 Å². The molecule has 0 radical (unpaired) electrons. The smallest absolute Gasteiger partial charge is 0.131 e. The van der Waals surface area contributed by atoms with Gasteiger partial charge in [0.05, 0.1) is 12.7 Å². The maximum absolute atomic E-state index is 13.9. The lowest BCUT2D eigenvalue weighted by molar-refractivity contribution is -0.0311. The summed E-state index contributed by atoms with van der Waals surface area (Å²) in [4.78, 5) is 6.25. The molecule has 1 atom stereocenters. The van der Waals surface area contributed by atoms with Crippen LogP contribution in [-0.2, 0) is 11.2 Å². The monoisotopic (exact) mass is 304 g/mol. The van der Waals surface area contributed by atoms with Crippen molar-refractivity contribution in [2.45, 2.75) is 12.5 Å². The first-order chi connectivity index (χ1) is 10.7. The Morgan fingerprint density at radius 3 is 2.77 bits per heavy atom. The molecule has 0 bridgehead atoms. The Bertz CT molecular complexity index is 621. The summed E-state index contributed by atoms with van der Waals surface area (Å²) in [6.07, 6.45) is 4.14. The second-order valence-corrected chi connectivity index (χ2v) is 5.43. The van der Waals surface area contributed by atoms with E-state index in [1.54, 1.807) is 12.4 Å². The maximum atomic E-state index is 13.9. The van der Waals surface area contributed by atoms with Gasteiger partial charge in [-0.1, -0.05) is 6.07 Å². The standard InChI is InChI=1S/C17H18F2N2O/c18-14-1-2-15(16(19)11-14)17-12-21(9-10-22-17)8-5-13-3-6-20-7-4-13/h1-4,6-7,11,17H,5,8-10,12H2. The highest BCUT2D eigenvalue weighted by Crippen LogP contribution is 2.25. The summed E-state index contributed by atoms with van der Waals surface area (Å²) in [5.74, 6) is -1.10. The average molecular weight is 304 g/mol. The Morgan fingerprint density at radius 2 is 2.00 bits per heavy atom. The van der Waals surface area contributed by atoms with Crippen LogP contribution < -0.4 is 0 Å². The van der Waals surface area contributed by atoms with E-state index in [1.807, 2.05) is 12.1 Å². The molecule has 1 aromatic carbocycles. The van der Waals surface area contributed by atoms with E-state index in [0.29, 0.717) is 18.7 Å². The molecule has 0 saturated carbocycles. The van der Waals surface area contributed by atoms with Crippen LogP contribution in [0.15, 0.2) is 42.7 Å². The summed E-state index contributed by atoms with van der Waals surface area (Å²) in [7, 11) is 0. The van der Waals surface area contributed by atoms with Gasteiger partial charge in [0, 0.05) is 43.7 Å². The van der Waals surface area contributed by atoms with Crippen molar-refractivity contribution in [2.24, 2.45) is 0 Å². The minimum atomic E-state index is -0.563. The largest absolute Gasteiger partial charge is 0.371 e. The fraction of sp³-hybridized carbons (Fsp3) is 0.353. The zero-order valence-electron chi connectivity index (χ0n) is 12.2. The number of hydrogen-bond donors (Lipinski definition) is 0. The van der Waals surface area contributed by atoms with Gasteiger partial charge >= 0.3 is 0 Å². The predicted molar refractivity (Wildman–Crippen MR) is 79.4 cm³/mol. The van der Waals surface area contributed by atoms with Crippen LogP contribution >= 0.6 is 0 Å². The number of ether oxygens (including phenoxy) is 1. The van der Waals surface area contributed by atoms with Crippen LogP contribution in [0, 0.1) is 11.6 Å². The molecule has 5 heteroatoms. The minimum Gasteiger partial charge on any atom is -0.371 e. The van der Waals surface area contributed by atoms with Crippen LogP contribution in [0.1, 0.15) is 17.2 Å². The number of rotatable bonds is 4. The van der Waals surface area contributed by atoms with Gasteiger partial charge in [0.25, 0.3) is 0 Å². The van der Waals surface area contributed by atoms with Gasteiger partial charge in [0.15, 0.2) is 0 Å². The van der Waals surface area contributed by atoms with Crippen LogP contribution in [0.3, 0.4) is 0 Å². The number of benzene rings is 1. The number of hydrogen-bond acceptors (Lipinski definition) is 3. The van der Waals surface area contributed by atoms with Crippen LogP contribution in [0.25, 0.3) is 0 Å². The molecule has 0 spiro atoms. The highest BCUT2D eigenvalue weighted by molar-refractivity contribution is 5.22. The highest BCUT2D eigenvalue weighted by atomic mass is 19.1. The van der Waals surface area contributed by atoms with Gasteiger partial charge in [0.2, 0.25) is 0 Å². The fourth-order valence-electron chi connectivity index (χ4n) is 2.69. The summed E-state index contributed by atoms with van der Waals surface area (Å²) >= 11 is 0. The fourth-order valence-corrected chi connectivity index (χ4v) is 2.69. The van der Waals surface area contributed by atoms with E-state index in [-0.39, 0.29) is 6.10 Å². The molecule has 22 heavy (non-hydrogen) atoms. The zero-order chi connectivity index (χ0) is 15.4. The average Bonchev–Trinajstić information content (AvgIpc) is 2.54. The SMILES string of the molecule is Fc1ccc(C2CN(CCc3ccncc3)CCO2)c(F)c1. The molecular weight excluding hydrogens is 286 g/mol. The summed E-state index contributed by atoms with van der Waals surface area (Å²) in [6.45, 7) is 2.88. The minimum absolute atomic E-state index is 0.341. The van der Waals surface area contributed by atoms with Crippen LogP contribution in [-0.4, -0.2) is 36.1 Å². The van der Waals surface area contributed by atoms with Crippen molar-refractivity contribution in [1.82, 2.24) is 9.88 Å². The molecule has 1 aliphatic heterocycles. The molecule has 2 heterocycles. The van der Waals surface area contributed by atoms with Gasteiger partial charge in [-0.25, -0.2) is 8.78 Å².